The van der Waals surface area contributed by atoms with Crippen molar-refractivity contribution in [2.75, 3.05) is 26.2 Å². The van der Waals surface area contributed by atoms with Gasteiger partial charge in [-0.25, -0.2) is 0 Å². The number of likely N-dealkylation sites (N-methyl/N-ethyl adjacent to an activating group) is 1. The summed E-state index contributed by atoms with van der Waals surface area (Å²) in [5.74, 6) is 0.0592. The number of carbonyl (C=O) groups is 1. The minimum absolute atomic E-state index is 0.00120. The lowest BCUT2D eigenvalue weighted by molar-refractivity contribution is -0.120. The van der Waals surface area contributed by atoms with Crippen LogP contribution in [0.25, 0.3) is 0 Å². The molecule has 116 valence electrons. The van der Waals surface area contributed by atoms with Crippen LogP contribution in [0.1, 0.15) is 25.0 Å². The van der Waals surface area contributed by atoms with E-state index in [2.05, 4.69) is 29.2 Å². The van der Waals surface area contributed by atoms with Gasteiger partial charge in [-0.3, -0.25) is 4.79 Å². The van der Waals surface area contributed by atoms with Crippen LogP contribution >= 0.6 is 0 Å². The summed E-state index contributed by atoms with van der Waals surface area (Å²) in [6, 6.07) is 7.07. The summed E-state index contributed by atoms with van der Waals surface area (Å²) in [7, 11) is 0. The van der Waals surface area contributed by atoms with Crippen molar-refractivity contribution in [3.05, 3.63) is 35.4 Å². The van der Waals surface area contributed by atoms with E-state index in [0.717, 1.165) is 25.2 Å². The molecule has 4 N–H and O–H groups in total. The fourth-order valence-corrected chi connectivity index (χ4v) is 1.99. The van der Waals surface area contributed by atoms with Gasteiger partial charge in [0.05, 0.1) is 6.42 Å². The maximum atomic E-state index is 11.8. The number of nitrogens with one attached hydrogen (secondary N) is 1. The Bertz CT molecular complexity index is 467. The number of carbonyl (C=O) groups excluding carboxylic acids is 1. The predicted molar refractivity (Wildman–Crippen MR) is 83.5 cm³/mol. The summed E-state index contributed by atoms with van der Waals surface area (Å²) in [5, 5.41) is 14.4. The first-order valence-electron chi connectivity index (χ1n) is 7.16. The normalized spacial score (nSPS) is 11.7. The SMILES string of the molecule is CCN(CC)CCNC(=O)Cc1ccc(C(N)=NO)cc1. The summed E-state index contributed by atoms with van der Waals surface area (Å²) in [6.45, 7) is 7.70. The third-order valence-corrected chi connectivity index (χ3v) is 3.37. The first-order chi connectivity index (χ1) is 10.1. The van der Waals surface area contributed by atoms with Gasteiger partial charge in [0.15, 0.2) is 5.84 Å². The molecule has 1 rings (SSSR count). The van der Waals surface area contributed by atoms with Gasteiger partial charge >= 0.3 is 0 Å². The van der Waals surface area contributed by atoms with E-state index in [9.17, 15) is 4.79 Å². The van der Waals surface area contributed by atoms with E-state index in [1.807, 2.05) is 0 Å². The summed E-state index contributed by atoms with van der Waals surface area (Å²) in [5.41, 5.74) is 7.00. The average Bonchev–Trinajstić information content (AvgIpc) is 2.51. The molecule has 0 saturated heterocycles. The van der Waals surface area contributed by atoms with Crippen LogP contribution in [0.3, 0.4) is 0 Å². The number of hydrogen-bond acceptors (Lipinski definition) is 4. The first kappa shape index (κ1) is 17.0. The van der Waals surface area contributed by atoms with Crippen molar-refractivity contribution in [2.45, 2.75) is 20.3 Å². The minimum atomic E-state index is -0.00120. The molecule has 1 aromatic rings. The van der Waals surface area contributed by atoms with E-state index in [0.29, 0.717) is 18.5 Å². The molecule has 0 aliphatic rings. The van der Waals surface area contributed by atoms with Crippen LogP contribution in [0.5, 0.6) is 0 Å². The molecule has 0 radical (unpaired) electrons. The van der Waals surface area contributed by atoms with Crippen molar-refractivity contribution in [3.63, 3.8) is 0 Å². The molecule has 0 atom stereocenters. The van der Waals surface area contributed by atoms with Gasteiger partial charge in [0, 0.05) is 18.7 Å². The largest absolute Gasteiger partial charge is 0.409 e. The lowest BCUT2D eigenvalue weighted by Crippen LogP contribution is -2.35. The van der Waals surface area contributed by atoms with Gasteiger partial charge in [0.2, 0.25) is 5.91 Å². The minimum Gasteiger partial charge on any atom is -0.409 e. The van der Waals surface area contributed by atoms with Crippen molar-refractivity contribution >= 4 is 11.7 Å². The van der Waals surface area contributed by atoms with Gasteiger partial charge in [-0.05, 0) is 18.7 Å². The average molecular weight is 292 g/mol. The van der Waals surface area contributed by atoms with E-state index < -0.39 is 0 Å². The van der Waals surface area contributed by atoms with Crippen LogP contribution in [0.15, 0.2) is 29.4 Å². The molecule has 0 unspecified atom stereocenters. The number of oxime groups is 1. The highest BCUT2D eigenvalue weighted by atomic mass is 16.4. The van der Waals surface area contributed by atoms with E-state index in [1.165, 1.54) is 0 Å². The molecule has 21 heavy (non-hydrogen) atoms. The Morgan fingerprint density at radius 2 is 1.90 bits per heavy atom. The zero-order chi connectivity index (χ0) is 15.7. The topological polar surface area (TPSA) is 91.0 Å². The predicted octanol–water partition coefficient (Wildman–Crippen LogP) is 0.782. The number of benzene rings is 1. The smallest absolute Gasteiger partial charge is 0.224 e. The maximum absolute atomic E-state index is 11.8. The van der Waals surface area contributed by atoms with Crippen LogP contribution < -0.4 is 11.1 Å². The van der Waals surface area contributed by atoms with Crippen molar-refractivity contribution in [3.8, 4) is 0 Å². The highest BCUT2D eigenvalue weighted by Crippen LogP contribution is 2.05. The number of nitrogens with zero attached hydrogens (tertiary/aromatic N) is 2. The van der Waals surface area contributed by atoms with E-state index in [-0.39, 0.29) is 11.7 Å². The summed E-state index contributed by atoms with van der Waals surface area (Å²) in [4.78, 5) is 14.1. The van der Waals surface area contributed by atoms with Gasteiger partial charge in [-0.2, -0.15) is 0 Å². The van der Waals surface area contributed by atoms with Crippen LogP contribution in [0, 0.1) is 0 Å². The zero-order valence-electron chi connectivity index (χ0n) is 12.7. The molecule has 0 aliphatic carbocycles. The number of nitrogens with two attached hydrogens (primary N) is 1. The van der Waals surface area contributed by atoms with Gasteiger partial charge in [-0.1, -0.05) is 43.3 Å². The molecule has 0 fully saturated rings. The highest BCUT2D eigenvalue weighted by Gasteiger charge is 2.05. The van der Waals surface area contributed by atoms with Crippen LogP contribution in [-0.4, -0.2) is 48.0 Å². The third kappa shape index (κ3) is 5.83. The number of rotatable bonds is 8. The van der Waals surface area contributed by atoms with Gasteiger partial charge in [0.25, 0.3) is 0 Å². The molecule has 0 heterocycles. The van der Waals surface area contributed by atoms with Gasteiger partial charge in [0.1, 0.15) is 0 Å². The van der Waals surface area contributed by atoms with Crippen molar-refractivity contribution in [1.82, 2.24) is 10.2 Å². The van der Waals surface area contributed by atoms with Crippen molar-refractivity contribution in [1.29, 1.82) is 0 Å². The highest BCUT2D eigenvalue weighted by molar-refractivity contribution is 5.97. The molecule has 1 aromatic carbocycles. The number of hydrogen-bond donors (Lipinski definition) is 3. The quantitative estimate of drug-likeness (QED) is 0.286. The number of amidine groups is 1. The van der Waals surface area contributed by atoms with Crippen LogP contribution in [-0.2, 0) is 11.2 Å². The third-order valence-electron chi connectivity index (χ3n) is 3.37. The summed E-state index contributed by atoms with van der Waals surface area (Å²) in [6.07, 6.45) is 0.328. The molecule has 1 amide bonds. The Morgan fingerprint density at radius 1 is 1.29 bits per heavy atom. The summed E-state index contributed by atoms with van der Waals surface area (Å²) < 4.78 is 0. The molecule has 0 saturated carbocycles. The zero-order valence-corrected chi connectivity index (χ0v) is 12.7. The fourth-order valence-electron chi connectivity index (χ4n) is 1.99. The molecule has 0 spiro atoms. The molecule has 6 nitrogen and oxygen atoms in total. The molecule has 0 bridgehead atoms. The Hall–Kier alpha value is -2.08. The lowest BCUT2D eigenvalue weighted by Gasteiger charge is -2.17. The van der Waals surface area contributed by atoms with E-state index in [1.54, 1.807) is 24.3 Å². The van der Waals surface area contributed by atoms with E-state index in [4.69, 9.17) is 10.9 Å². The molecule has 0 aliphatic heterocycles. The second-order valence-corrected chi connectivity index (χ2v) is 4.74. The van der Waals surface area contributed by atoms with E-state index >= 15 is 0 Å². The Kier molecular flexibility index (Phi) is 7.25. The van der Waals surface area contributed by atoms with Crippen molar-refractivity contribution in [2.24, 2.45) is 10.9 Å². The lowest BCUT2D eigenvalue weighted by atomic mass is 10.1. The van der Waals surface area contributed by atoms with Gasteiger partial charge < -0.3 is 21.2 Å². The molecular weight excluding hydrogens is 268 g/mol. The van der Waals surface area contributed by atoms with Gasteiger partial charge in [-0.15, -0.1) is 0 Å². The Labute approximate surface area is 125 Å². The molecule has 6 heteroatoms. The number of amides is 1. The fraction of sp³-hybridized carbons (Fsp3) is 0.467. The van der Waals surface area contributed by atoms with Crippen LogP contribution in [0.2, 0.25) is 0 Å². The molecular formula is C15H24N4O2. The second-order valence-electron chi connectivity index (χ2n) is 4.74. The first-order valence-corrected chi connectivity index (χ1v) is 7.16. The summed E-state index contributed by atoms with van der Waals surface area (Å²) >= 11 is 0. The van der Waals surface area contributed by atoms with Crippen LogP contribution in [0.4, 0.5) is 0 Å². The second kappa shape index (κ2) is 8.97. The standard InChI is InChI=1S/C15H24N4O2/c1-3-19(4-2)10-9-17-14(20)11-12-5-7-13(8-6-12)15(16)18-21/h5-8,21H,3-4,9-11H2,1-2H3,(H2,16,18)(H,17,20). The Balaban J connectivity index is 2.41. The molecule has 0 aromatic heterocycles. The maximum Gasteiger partial charge on any atom is 0.224 e. The Morgan fingerprint density at radius 3 is 2.43 bits per heavy atom. The van der Waals surface area contributed by atoms with Crippen molar-refractivity contribution < 1.29 is 10.0 Å². The monoisotopic (exact) mass is 292 g/mol.